The summed E-state index contributed by atoms with van der Waals surface area (Å²) in [5.41, 5.74) is 0.699. The zero-order valence-corrected chi connectivity index (χ0v) is 39.0. The van der Waals surface area contributed by atoms with Crippen LogP contribution in [-0.2, 0) is 56.1 Å². The topological polar surface area (TPSA) is 253 Å². The molecule has 5 N–H and O–H groups in total. The molecule has 340 valence electrons. The number of carbonyl (C=O) groups is 1. The van der Waals surface area contributed by atoms with Crippen LogP contribution in [0.3, 0.4) is 0 Å². The lowest BCUT2D eigenvalue weighted by atomic mass is 9.70. The van der Waals surface area contributed by atoms with Gasteiger partial charge in [0, 0.05) is 65.2 Å². The van der Waals surface area contributed by atoms with Crippen molar-refractivity contribution in [3.8, 4) is 0 Å². The van der Waals surface area contributed by atoms with Gasteiger partial charge in [-0.05, 0) is 91.1 Å². The smallest absolute Gasteiger partial charge is 0.295 e. The molecule has 2 heterocycles. The molecule has 0 aliphatic carbocycles. The minimum absolute atomic E-state index is 0.0684. The van der Waals surface area contributed by atoms with E-state index in [1.807, 2.05) is 76.8 Å². The average Bonchev–Trinajstić information content (AvgIpc) is 3.50. The molecule has 0 saturated carbocycles. The number of anilines is 2. The van der Waals surface area contributed by atoms with Crippen LogP contribution < -0.4 is 15.1 Å². The van der Waals surface area contributed by atoms with E-state index in [2.05, 4.69) is 10.2 Å². The minimum Gasteiger partial charge on any atom is -0.362 e. The van der Waals surface area contributed by atoms with Gasteiger partial charge in [0.05, 0.1) is 15.3 Å². The Bertz CT molecular complexity index is 3120. The first-order valence-electron chi connectivity index (χ1n) is 20.0. The molecule has 1 atom stereocenters. The third-order valence-corrected chi connectivity index (χ3v) is 16.1. The lowest BCUT2D eigenvalue weighted by molar-refractivity contribution is -0.120. The zero-order valence-electron chi connectivity index (χ0n) is 35.7. The summed E-state index contributed by atoms with van der Waals surface area (Å²) in [6, 6.07) is 10.3. The van der Waals surface area contributed by atoms with Crippen molar-refractivity contribution in [1.29, 1.82) is 0 Å². The van der Waals surface area contributed by atoms with Crippen LogP contribution in [0, 0.1) is 0 Å². The summed E-state index contributed by atoms with van der Waals surface area (Å²) in [7, 11) is -18.1. The fourth-order valence-electron chi connectivity index (χ4n) is 9.25. The number of benzene rings is 4. The van der Waals surface area contributed by atoms with Gasteiger partial charge in [0.2, 0.25) is 5.91 Å². The molecule has 63 heavy (non-hydrogen) atoms. The van der Waals surface area contributed by atoms with Crippen LogP contribution in [0.15, 0.2) is 104 Å². The van der Waals surface area contributed by atoms with Crippen molar-refractivity contribution in [2.45, 2.75) is 103 Å². The standard InChI is InChI=1S/C43H51N3O13S4/c1-8-45-33-19-17-29-31(23-27(60(48,49)50)25-35(29)62(54,55)56)39(33)41(2,3)37(45)15-11-9-13-21-43(6)42(4,5)40-32-24-28(61(51,52)53)26-36(63(57,58)59)30(32)18-20-34(40)46(43)22-14-10-12-16-38(47)44-7/h9,11,13,15,17-21,23-26H,8,10,12,14,16,22H2,1-7H3,(H,44,47)(H,48,49,50)(H,51,52,53)(H,54,55,56)(H,57,58,59)/b11-9+,21-13+,37-15-. The molecule has 6 rings (SSSR count). The SMILES string of the molecule is CCN1\C(=C/C=C/C=C/C2(C)N(CCCCCC(=O)NC)c3ccc4c(S(=O)(=O)O)cc(S(=O)(=O)O)cc4c3C2(C)C)C(C)(C)c2c1ccc1c(S(=O)(=O)O)cc(S(=O)(=O)O)cc21. The van der Waals surface area contributed by atoms with Gasteiger partial charge >= 0.3 is 0 Å². The Kier molecular flexibility index (Phi) is 12.4. The maximum atomic E-state index is 12.6. The number of nitrogens with zero attached hydrogens (tertiary/aromatic N) is 2. The number of unbranched alkanes of at least 4 members (excludes halogenated alkanes) is 2. The number of rotatable bonds is 14. The summed E-state index contributed by atoms with van der Waals surface area (Å²) in [6.45, 7) is 12.5. The molecule has 0 saturated heterocycles. The van der Waals surface area contributed by atoms with Gasteiger partial charge < -0.3 is 15.1 Å². The molecular weight excluding hydrogens is 895 g/mol. The highest BCUT2D eigenvalue weighted by molar-refractivity contribution is 7.87. The van der Waals surface area contributed by atoms with Crippen molar-refractivity contribution in [2.75, 3.05) is 29.9 Å². The molecule has 0 fully saturated rings. The third-order valence-electron chi connectivity index (χ3n) is 12.6. The maximum absolute atomic E-state index is 12.6. The Hall–Kier alpha value is -4.67. The highest BCUT2D eigenvalue weighted by Crippen LogP contribution is 2.56. The first-order chi connectivity index (χ1) is 29.0. The van der Waals surface area contributed by atoms with Crippen molar-refractivity contribution in [3.63, 3.8) is 0 Å². The molecule has 2 aliphatic heterocycles. The summed E-state index contributed by atoms with van der Waals surface area (Å²) in [5.74, 6) is -0.0780. The molecule has 1 amide bonds. The van der Waals surface area contributed by atoms with E-state index in [4.69, 9.17) is 0 Å². The highest BCUT2D eigenvalue weighted by Gasteiger charge is 2.53. The van der Waals surface area contributed by atoms with Gasteiger partial charge in [-0.1, -0.05) is 70.6 Å². The summed E-state index contributed by atoms with van der Waals surface area (Å²) in [6.07, 6.45) is 11.7. The molecule has 16 nitrogen and oxygen atoms in total. The molecule has 0 spiro atoms. The molecule has 4 aromatic rings. The van der Waals surface area contributed by atoms with Crippen molar-refractivity contribution < 1.29 is 56.7 Å². The molecule has 0 bridgehead atoms. The van der Waals surface area contributed by atoms with Gasteiger partial charge in [-0.2, -0.15) is 33.7 Å². The molecule has 0 radical (unpaired) electrons. The average molecular weight is 946 g/mol. The number of hydrogen-bond donors (Lipinski definition) is 5. The monoisotopic (exact) mass is 945 g/mol. The number of likely N-dealkylation sites (N-methyl/N-ethyl adjacent to an activating group) is 1. The van der Waals surface area contributed by atoms with Gasteiger partial charge in [0.15, 0.2) is 0 Å². The van der Waals surface area contributed by atoms with Crippen LogP contribution in [0.1, 0.15) is 78.4 Å². The number of nitrogens with one attached hydrogen (secondary N) is 1. The normalized spacial score (nSPS) is 19.5. The second-order valence-corrected chi connectivity index (χ2v) is 22.5. The molecule has 4 aromatic carbocycles. The van der Waals surface area contributed by atoms with Crippen LogP contribution in [0.4, 0.5) is 11.4 Å². The van der Waals surface area contributed by atoms with Crippen molar-refractivity contribution in [1.82, 2.24) is 5.32 Å². The Morgan fingerprint density at radius 2 is 1.17 bits per heavy atom. The van der Waals surface area contributed by atoms with Crippen LogP contribution in [-0.4, -0.2) is 83.5 Å². The lowest BCUT2D eigenvalue weighted by Gasteiger charge is -2.43. The quantitative estimate of drug-likeness (QED) is 0.0487. The van der Waals surface area contributed by atoms with E-state index in [1.165, 1.54) is 24.3 Å². The number of hydrogen-bond acceptors (Lipinski definition) is 11. The van der Waals surface area contributed by atoms with E-state index >= 15 is 0 Å². The van der Waals surface area contributed by atoms with Gasteiger partial charge in [0.25, 0.3) is 40.5 Å². The molecule has 1 unspecified atom stereocenters. The lowest BCUT2D eigenvalue weighted by Crippen LogP contribution is -2.52. The van der Waals surface area contributed by atoms with Crippen molar-refractivity contribution in [2.24, 2.45) is 0 Å². The van der Waals surface area contributed by atoms with E-state index in [0.717, 1.165) is 17.8 Å². The first-order valence-corrected chi connectivity index (χ1v) is 25.7. The van der Waals surface area contributed by atoms with Crippen LogP contribution in [0.5, 0.6) is 0 Å². The maximum Gasteiger partial charge on any atom is 0.295 e. The van der Waals surface area contributed by atoms with Crippen LogP contribution in [0.2, 0.25) is 0 Å². The van der Waals surface area contributed by atoms with E-state index < -0.39 is 76.4 Å². The Labute approximate surface area is 368 Å². The molecule has 0 aromatic heterocycles. The van der Waals surface area contributed by atoms with E-state index in [1.54, 1.807) is 19.2 Å². The molecule has 2 aliphatic rings. The Morgan fingerprint density at radius 1 is 0.651 bits per heavy atom. The Balaban J connectivity index is 1.44. The highest BCUT2D eigenvalue weighted by atomic mass is 32.2. The second-order valence-electron chi connectivity index (χ2n) is 16.9. The number of carbonyl (C=O) groups excluding carboxylic acids is 1. The van der Waals surface area contributed by atoms with Crippen LogP contribution >= 0.6 is 0 Å². The summed E-state index contributed by atoms with van der Waals surface area (Å²) in [4.78, 5) is 13.3. The number of fused-ring (bicyclic) bond motifs is 6. The van der Waals surface area contributed by atoms with Gasteiger partial charge in [-0.15, -0.1) is 0 Å². The van der Waals surface area contributed by atoms with Gasteiger partial charge in [-0.25, -0.2) is 0 Å². The first kappa shape index (κ1) is 47.8. The van der Waals surface area contributed by atoms with E-state index in [0.29, 0.717) is 61.3 Å². The summed E-state index contributed by atoms with van der Waals surface area (Å²) in [5, 5.41) is 3.19. The fourth-order valence-corrected chi connectivity index (χ4v) is 11.9. The summed E-state index contributed by atoms with van der Waals surface area (Å²) >= 11 is 0. The number of allylic oxidation sites excluding steroid dienone is 5. The van der Waals surface area contributed by atoms with Crippen LogP contribution in [0.25, 0.3) is 21.5 Å². The third kappa shape index (κ3) is 8.54. The second kappa shape index (κ2) is 16.4. The largest absolute Gasteiger partial charge is 0.362 e. The predicted molar refractivity (Wildman–Crippen MR) is 241 cm³/mol. The zero-order chi connectivity index (χ0) is 46.9. The Morgan fingerprint density at radius 3 is 1.67 bits per heavy atom. The van der Waals surface area contributed by atoms with Crippen molar-refractivity contribution >= 4 is 79.3 Å². The molecule has 20 heteroatoms. The number of amides is 1. The predicted octanol–water partition coefficient (Wildman–Crippen LogP) is 6.96. The van der Waals surface area contributed by atoms with Gasteiger partial charge in [-0.3, -0.25) is 23.0 Å². The van der Waals surface area contributed by atoms with E-state index in [-0.39, 0.29) is 27.5 Å². The summed E-state index contributed by atoms with van der Waals surface area (Å²) < 4.78 is 140. The molecular formula is C43H51N3O13S4. The minimum atomic E-state index is -4.95. The fraction of sp³-hybridized carbons (Fsp3) is 0.372. The van der Waals surface area contributed by atoms with Crippen molar-refractivity contribution in [3.05, 3.63) is 95.7 Å². The van der Waals surface area contributed by atoms with E-state index in [9.17, 15) is 56.7 Å². The van der Waals surface area contributed by atoms with Gasteiger partial charge in [0.1, 0.15) is 9.79 Å².